The number of carbonyl (C=O) groups excluding carboxylic acids is 1. The maximum Gasteiger partial charge on any atom is 0.312 e. The number of rotatable bonds is 4. The number of carbonyl (C=O) groups is 1. The molecule has 0 bridgehead atoms. The van der Waals surface area contributed by atoms with Crippen molar-refractivity contribution in [3.8, 4) is 0 Å². The van der Waals surface area contributed by atoms with Crippen molar-refractivity contribution in [1.29, 1.82) is 0 Å². The first-order valence-electron chi connectivity index (χ1n) is 5.10. The first-order chi connectivity index (χ1) is 8.32. The van der Waals surface area contributed by atoms with Crippen molar-refractivity contribution in [1.82, 2.24) is 9.88 Å². The largest absolute Gasteiger partial charge is 0.353 e. The van der Waals surface area contributed by atoms with Gasteiger partial charge in [-0.1, -0.05) is 11.6 Å². The van der Waals surface area contributed by atoms with Crippen LogP contribution in [0.5, 0.6) is 0 Å². The van der Waals surface area contributed by atoms with Gasteiger partial charge in [-0.05, 0) is 6.92 Å². The molecular weight excluding hydrogens is 260 g/mol. The molecule has 1 aromatic rings. The summed E-state index contributed by atoms with van der Waals surface area (Å²) in [4.78, 5) is 27.1. The molecule has 0 fully saturated rings. The van der Waals surface area contributed by atoms with Gasteiger partial charge in [0.05, 0.1) is 9.95 Å². The van der Waals surface area contributed by atoms with Gasteiger partial charge in [0.25, 0.3) is 0 Å². The highest BCUT2D eigenvalue weighted by atomic mass is 35.5. The van der Waals surface area contributed by atoms with Gasteiger partial charge in [-0.15, -0.1) is 0 Å². The number of likely N-dealkylation sites (N-methyl/N-ethyl adjacent to an activating group) is 1. The van der Waals surface area contributed by atoms with E-state index in [0.717, 1.165) is 0 Å². The first-order valence-corrected chi connectivity index (χ1v) is 5.48. The van der Waals surface area contributed by atoms with E-state index in [0.29, 0.717) is 0 Å². The molecule has 1 N–H and O–H groups in total. The van der Waals surface area contributed by atoms with Crippen molar-refractivity contribution in [3.05, 3.63) is 27.4 Å². The van der Waals surface area contributed by atoms with Gasteiger partial charge >= 0.3 is 5.69 Å². The number of pyridine rings is 1. The highest BCUT2D eigenvalue weighted by molar-refractivity contribution is 6.30. The molecule has 0 saturated carbocycles. The third-order valence-electron chi connectivity index (χ3n) is 2.20. The van der Waals surface area contributed by atoms with Crippen LogP contribution < -0.4 is 5.32 Å². The van der Waals surface area contributed by atoms with Crippen LogP contribution in [0.3, 0.4) is 0 Å². The van der Waals surface area contributed by atoms with Crippen molar-refractivity contribution in [2.24, 2.45) is 0 Å². The van der Waals surface area contributed by atoms with Gasteiger partial charge in [0.15, 0.2) is 0 Å². The van der Waals surface area contributed by atoms with Crippen LogP contribution >= 0.6 is 11.6 Å². The normalized spacial score (nSPS) is 11.8. The summed E-state index contributed by atoms with van der Waals surface area (Å²) in [6.45, 7) is 1.60. The summed E-state index contributed by atoms with van der Waals surface area (Å²) in [5, 5.41) is 13.7. The zero-order chi connectivity index (χ0) is 13.9. The van der Waals surface area contributed by atoms with Crippen molar-refractivity contribution >= 4 is 29.0 Å². The second-order valence-corrected chi connectivity index (χ2v) is 4.31. The lowest BCUT2D eigenvalue weighted by Crippen LogP contribution is -2.37. The lowest BCUT2D eigenvalue weighted by Gasteiger charge is -2.18. The Bertz CT molecular complexity index is 478. The quantitative estimate of drug-likeness (QED) is 0.663. The van der Waals surface area contributed by atoms with E-state index >= 15 is 0 Å². The Morgan fingerprint density at radius 1 is 1.61 bits per heavy atom. The molecule has 1 rings (SSSR count). The molecule has 7 nitrogen and oxygen atoms in total. The number of nitro groups is 1. The summed E-state index contributed by atoms with van der Waals surface area (Å²) in [5.41, 5.74) is -0.263. The molecule has 1 heterocycles. The Balaban J connectivity index is 2.97. The zero-order valence-corrected chi connectivity index (χ0v) is 10.9. The van der Waals surface area contributed by atoms with E-state index in [1.54, 1.807) is 21.0 Å². The van der Waals surface area contributed by atoms with Crippen LogP contribution in [0.2, 0.25) is 5.02 Å². The lowest BCUT2D eigenvalue weighted by atomic mass is 10.3. The van der Waals surface area contributed by atoms with Gasteiger partial charge in [0.1, 0.15) is 6.04 Å². The molecule has 0 aliphatic carbocycles. The predicted molar refractivity (Wildman–Crippen MR) is 67.7 cm³/mol. The van der Waals surface area contributed by atoms with Crippen LogP contribution in [-0.2, 0) is 4.79 Å². The molecular formula is C10H13ClN4O3. The third kappa shape index (κ3) is 3.30. The minimum atomic E-state index is -0.618. The molecule has 8 heteroatoms. The Labute approximate surface area is 109 Å². The number of aromatic nitrogens is 1. The summed E-state index contributed by atoms with van der Waals surface area (Å²) >= 11 is 5.64. The maximum absolute atomic E-state index is 11.6. The fourth-order valence-corrected chi connectivity index (χ4v) is 1.49. The molecule has 0 unspecified atom stereocenters. The van der Waals surface area contributed by atoms with Crippen molar-refractivity contribution in [2.45, 2.75) is 13.0 Å². The predicted octanol–water partition coefficient (Wildman–Crippen LogP) is 1.53. The van der Waals surface area contributed by atoms with Crippen molar-refractivity contribution in [2.75, 3.05) is 19.4 Å². The zero-order valence-electron chi connectivity index (χ0n) is 10.2. The molecule has 0 spiro atoms. The average Bonchev–Trinajstić information content (AvgIpc) is 2.29. The van der Waals surface area contributed by atoms with E-state index in [2.05, 4.69) is 10.3 Å². The summed E-state index contributed by atoms with van der Waals surface area (Å²) in [7, 11) is 3.20. The second kappa shape index (κ2) is 5.63. The number of hydrogen-bond donors (Lipinski definition) is 1. The smallest absolute Gasteiger partial charge is 0.312 e. The topological polar surface area (TPSA) is 88.4 Å². The van der Waals surface area contributed by atoms with Gasteiger partial charge in [0.2, 0.25) is 11.7 Å². The van der Waals surface area contributed by atoms with E-state index in [-0.39, 0.29) is 22.4 Å². The Kier molecular flexibility index (Phi) is 4.43. The third-order valence-corrected chi connectivity index (χ3v) is 2.40. The Morgan fingerprint density at radius 2 is 2.22 bits per heavy atom. The van der Waals surface area contributed by atoms with Gasteiger partial charge in [-0.25, -0.2) is 4.98 Å². The average molecular weight is 273 g/mol. The number of anilines is 1. The number of amides is 1. The van der Waals surface area contributed by atoms with Gasteiger partial charge in [-0.2, -0.15) is 0 Å². The van der Waals surface area contributed by atoms with Crippen LogP contribution in [0.1, 0.15) is 6.92 Å². The molecule has 1 atom stereocenters. The molecule has 1 amide bonds. The highest BCUT2D eigenvalue weighted by Crippen LogP contribution is 2.25. The van der Waals surface area contributed by atoms with Gasteiger partial charge < -0.3 is 10.2 Å². The molecule has 0 aromatic carbocycles. The number of hydrogen-bond acceptors (Lipinski definition) is 5. The van der Waals surface area contributed by atoms with Gasteiger partial charge in [-0.3, -0.25) is 14.9 Å². The van der Waals surface area contributed by atoms with E-state index < -0.39 is 11.0 Å². The minimum absolute atomic E-state index is 0.0205. The standard InChI is InChI=1S/C10H13ClN4O3/c1-6(10(16)14(2)3)13-9-8(15(17)18)4-7(11)5-12-9/h4-6H,1-3H3,(H,12,13)/t6-/m0/s1. The number of halogens is 1. The van der Waals surface area contributed by atoms with Gasteiger partial charge in [0, 0.05) is 26.4 Å². The summed E-state index contributed by atoms with van der Waals surface area (Å²) in [5.74, 6) is -0.187. The fourth-order valence-electron chi connectivity index (χ4n) is 1.33. The molecule has 0 saturated heterocycles. The highest BCUT2D eigenvalue weighted by Gasteiger charge is 2.21. The van der Waals surface area contributed by atoms with E-state index in [4.69, 9.17) is 11.6 Å². The van der Waals surface area contributed by atoms with Crippen LogP contribution in [0.25, 0.3) is 0 Å². The molecule has 0 radical (unpaired) electrons. The first kappa shape index (κ1) is 14.2. The molecule has 98 valence electrons. The molecule has 0 aliphatic heterocycles. The second-order valence-electron chi connectivity index (χ2n) is 3.88. The van der Waals surface area contributed by atoms with Crippen LogP contribution in [-0.4, -0.2) is 40.9 Å². The number of nitrogens with one attached hydrogen (secondary N) is 1. The van der Waals surface area contributed by atoms with Crippen molar-refractivity contribution < 1.29 is 9.72 Å². The van der Waals surface area contributed by atoms with Crippen LogP contribution in [0, 0.1) is 10.1 Å². The number of nitrogens with zero attached hydrogens (tertiary/aromatic N) is 3. The van der Waals surface area contributed by atoms with Crippen LogP contribution in [0.15, 0.2) is 12.3 Å². The monoisotopic (exact) mass is 272 g/mol. The Morgan fingerprint density at radius 3 is 2.72 bits per heavy atom. The van der Waals surface area contributed by atoms with E-state index in [9.17, 15) is 14.9 Å². The minimum Gasteiger partial charge on any atom is -0.353 e. The lowest BCUT2D eigenvalue weighted by molar-refractivity contribution is -0.384. The summed E-state index contributed by atoms with van der Waals surface area (Å²) in [6, 6.07) is 0.566. The summed E-state index contributed by atoms with van der Waals surface area (Å²) in [6.07, 6.45) is 1.28. The maximum atomic E-state index is 11.6. The van der Waals surface area contributed by atoms with Crippen LogP contribution in [0.4, 0.5) is 11.5 Å². The molecule has 18 heavy (non-hydrogen) atoms. The molecule has 0 aliphatic rings. The van der Waals surface area contributed by atoms with Crippen molar-refractivity contribution in [3.63, 3.8) is 0 Å². The summed E-state index contributed by atoms with van der Waals surface area (Å²) < 4.78 is 0. The Hall–Kier alpha value is -1.89. The van der Waals surface area contributed by atoms with E-state index in [1.807, 2.05) is 0 Å². The van der Waals surface area contributed by atoms with E-state index in [1.165, 1.54) is 17.2 Å². The fraction of sp³-hybridized carbons (Fsp3) is 0.400. The molecule has 1 aromatic heterocycles. The SMILES string of the molecule is C[C@H](Nc1ncc(Cl)cc1[N+](=O)[O-])C(=O)N(C)C.